The fourth-order valence-corrected chi connectivity index (χ4v) is 2.76. The Morgan fingerprint density at radius 2 is 2.05 bits per heavy atom. The largest absolute Gasteiger partial charge is 0.310 e. The smallest absolute Gasteiger partial charge is 0.147 e. The molecule has 1 aromatic rings. The Kier molecular flexibility index (Phi) is 5.94. The Morgan fingerprint density at radius 3 is 2.58 bits per heavy atom. The van der Waals surface area contributed by atoms with Crippen molar-refractivity contribution in [2.24, 2.45) is 0 Å². The summed E-state index contributed by atoms with van der Waals surface area (Å²) in [7, 11) is -2.92. The molecular weight excluding hydrogens is 265 g/mol. The zero-order valence-corrected chi connectivity index (χ0v) is 12.6. The minimum atomic E-state index is -2.92. The maximum Gasteiger partial charge on any atom is 0.147 e. The van der Waals surface area contributed by atoms with Crippen molar-refractivity contribution < 1.29 is 12.8 Å². The summed E-state index contributed by atoms with van der Waals surface area (Å²) < 4.78 is 35.5. The first-order valence-electron chi connectivity index (χ1n) is 6.50. The van der Waals surface area contributed by atoms with Crippen molar-refractivity contribution in [2.75, 3.05) is 18.6 Å². The highest BCUT2D eigenvalue weighted by Crippen LogP contribution is 2.21. The molecule has 0 aliphatic carbocycles. The molecule has 3 nitrogen and oxygen atoms in total. The summed E-state index contributed by atoms with van der Waals surface area (Å²) in [6, 6.07) is 5.12. The average molecular weight is 287 g/mol. The van der Waals surface area contributed by atoms with E-state index in [1.54, 1.807) is 13.0 Å². The van der Waals surface area contributed by atoms with Gasteiger partial charge in [-0.05, 0) is 43.5 Å². The van der Waals surface area contributed by atoms with Crippen LogP contribution in [0.25, 0.3) is 0 Å². The lowest BCUT2D eigenvalue weighted by Gasteiger charge is -2.19. The molecule has 0 spiro atoms. The molecule has 108 valence electrons. The number of hydrogen-bond acceptors (Lipinski definition) is 3. The summed E-state index contributed by atoms with van der Waals surface area (Å²) in [4.78, 5) is 0. The van der Waals surface area contributed by atoms with Gasteiger partial charge in [-0.15, -0.1) is 0 Å². The number of sulfone groups is 1. The zero-order chi connectivity index (χ0) is 14.5. The van der Waals surface area contributed by atoms with Gasteiger partial charge in [-0.1, -0.05) is 19.1 Å². The molecule has 0 heterocycles. The Labute approximate surface area is 115 Å². The van der Waals surface area contributed by atoms with Crippen LogP contribution in [0.1, 0.15) is 36.9 Å². The Balaban J connectivity index is 2.73. The molecule has 1 rings (SSSR count). The van der Waals surface area contributed by atoms with Gasteiger partial charge in [0.15, 0.2) is 0 Å². The molecule has 0 aromatic heterocycles. The molecule has 19 heavy (non-hydrogen) atoms. The molecule has 0 radical (unpaired) electrons. The molecule has 0 saturated carbocycles. The quantitative estimate of drug-likeness (QED) is 0.838. The third-order valence-electron chi connectivity index (χ3n) is 3.04. The van der Waals surface area contributed by atoms with Gasteiger partial charge in [-0.3, -0.25) is 0 Å². The van der Waals surface area contributed by atoms with Crippen molar-refractivity contribution in [3.05, 3.63) is 35.1 Å². The predicted octanol–water partition coefficient (Wildman–Crippen LogP) is 2.61. The van der Waals surface area contributed by atoms with Crippen molar-refractivity contribution in [1.82, 2.24) is 5.32 Å². The first-order valence-corrected chi connectivity index (χ1v) is 8.56. The van der Waals surface area contributed by atoms with E-state index in [4.69, 9.17) is 0 Å². The van der Waals surface area contributed by atoms with E-state index in [1.165, 1.54) is 12.3 Å². The van der Waals surface area contributed by atoms with Crippen LogP contribution in [0.3, 0.4) is 0 Å². The normalized spacial score (nSPS) is 13.5. The summed E-state index contributed by atoms with van der Waals surface area (Å²) in [5.74, 6) is -0.0233. The highest BCUT2D eigenvalue weighted by Gasteiger charge is 2.13. The lowest BCUT2D eigenvalue weighted by atomic mass is 10.0. The van der Waals surface area contributed by atoms with Gasteiger partial charge in [-0.2, -0.15) is 0 Å². The fraction of sp³-hybridized carbons (Fsp3) is 0.571. The summed E-state index contributed by atoms with van der Waals surface area (Å²) >= 11 is 0. The second-order valence-corrected chi connectivity index (χ2v) is 7.15. The molecule has 0 fully saturated rings. The van der Waals surface area contributed by atoms with Gasteiger partial charge in [0, 0.05) is 18.1 Å². The highest BCUT2D eigenvalue weighted by molar-refractivity contribution is 7.90. The molecule has 0 aliphatic rings. The second-order valence-electron chi connectivity index (χ2n) is 4.89. The van der Waals surface area contributed by atoms with Crippen LogP contribution < -0.4 is 5.32 Å². The monoisotopic (exact) mass is 287 g/mol. The summed E-state index contributed by atoms with van der Waals surface area (Å²) in [6.07, 6.45) is 2.58. The van der Waals surface area contributed by atoms with E-state index in [0.717, 1.165) is 18.5 Å². The second kappa shape index (κ2) is 7.01. The topological polar surface area (TPSA) is 46.2 Å². The van der Waals surface area contributed by atoms with Crippen LogP contribution in [0, 0.1) is 12.7 Å². The molecule has 1 unspecified atom stereocenters. The number of benzene rings is 1. The van der Waals surface area contributed by atoms with Gasteiger partial charge in [-0.25, -0.2) is 12.8 Å². The van der Waals surface area contributed by atoms with Gasteiger partial charge < -0.3 is 5.32 Å². The van der Waals surface area contributed by atoms with Crippen LogP contribution in [0.5, 0.6) is 0 Å². The first-order chi connectivity index (χ1) is 8.83. The highest BCUT2D eigenvalue weighted by atomic mass is 32.2. The van der Waals surface area contributed by atoms with E-state index in [9.17, 15) is 12.8 Å². The maximum atomic E-state index is 13.3. The molecule has 0 saturated heterocycles. The number of hydrogen-bond donors (Lipinski definition) is 1. The van der Waals surface area contributed by atoms with Crippen LogP contribution in [0.15, 0.2) is 18.2 Å². The molecule has 1 aromatic carbocycles. The maximum absolute atomic E-state index is 13.3. The van der Waals surface area contributed by atoms with E-state index >= 15 is 0 Å². The van der Waals surface area contributed by atoms with Crippen molar-refractivity contribution in [1.29, 1.82) is 0 Å². The molecular formula is C14H22FNO2S. The number of rotatable bonds is 7. The minimum absolute atomic E-state index is 0.0750. The van der Waals surface area contributed by atoms with Crippen molar-refractivity contribution in [2.45, 2.75) is 32.7 Å². The van der Waals surface area contributed by atoms with Crippen LogP contribution in [-0.4, -0.2) is 27.0 Å². The third-order valence-corrected chi connectivity index (χ3v) is 4.07. The van der Waals surface area contributed by atoms with Crippen molar-refractivity contribution >= 4 is 9.84 Å². The van der Waals surface area contributed by atoms with E-state index in [1.807, 2.05) is 13.0 Å². The van der Waals surface area contributed by atoms with E-state index < -0.39 is 9.84 Å². The molecule has 1 N–H and O–H groups in total. The zero-order valence-electron chi connectivity index (χ0n) is 11.7. The summed E-state index contributed by atoms with van der Waals surface area (Å²) in [5.41, 5.74) is 1.62. The third kappa shape index (κ3) is 5.70. The number of halogens is 1. The lowest BCUT2D eigenvalue weighted by molar-refractivity contribution is 0.505. The van der Waals surface area contributed by atoms with Crippen LogP contribution in [-0.2, 0) is 9.84 Å². The van der Waals surface area contributed by atoms with Crippen LogP contribution >= 0.6 is 0 Å². The minimum Gasteiger partial charge on any atom is -0.310 e. The molecule has 0 amide bonds. The van der Waals surface area contributed by atoms with E-state index in [-0.39, 0.29) is 17.6 Å². The molecule has 0 aliphatic heterocycles. The molecule has 1 atom stereocenters. The van der Waals surface area contributed by atoms with Crippen LogP contribution in [0.4, 0.5) is 4.39 Å². The average Bonchev–Trinajstić information content (AvgIpc) is 2.30. The lowest BCUT2D eigenvalue weighted by Crippen LogP contribution is -2.22. The van der Waals surface area contributed by atoms with E-state index in [2.05, 4.69) is 5.32 Å². The fourth-order valence-electron chi connectivity index (χ4n) is 2.07. The van der Waals surface area contributed by atoms with Gasteiger partial charge >= 0.3 is 0 Å². The predicted molar refractivity (Wildman–Crippen MR) is 76.5 cm³/mol. The van der Waals surface area contributed by atoms with Gasteiger partial charge in [0.2, 0.25) is 0 Å². The van der Waals surface area contributed by atoms with Crippen molar-refractivity contribution in [3.63, 3.8) is 0 Å². The van der Waals surface area contributed by atoms with Crippen molar-refractivity contribution in [3.8, 4) is 0 Å². The van der Waals surface area contributed by atoms with Gasteiger partial charge in [0.1, 0.15) is 15.7 Å². The molecule has 0 bridgehead atoms. The first kappa shape index (κ1) is 16.1. The number of nitrogens with one attached hydrogen (secondary N) is 1. The van der Waals surface area contributed by atoms with Gasteiger partial charge in [0.05, 0.1) is 0 Å². The van der Waals surface area contributed by atoms with Gasteiger partial charge in [0.25, 0.3) is 0 Å². The number of aryl methyl sites for hydroxylation is 1. The Bertz CT molecular complexity index is 514. The standard InChI is InChI=1S/C14H22FNO2S/c1-4-16-14(6-5-9-19(3,17)18)12-7-8-13(15)11(2)10-12/h7-8,10,14,16H,4-6,9H2,1-3H3. The SMILES string of the molecule is CCNC(CCCS(C)(=O)=O)c1ccc(F)c(C)c1. The van der Waals surface area contributed by atoms with E-state index in [0.29, 0.717) is 12.0 Å². The Morgan fingerprint density at radius 1 is 1.37 bits per heavy atom. The Hall–Kier alpha value is -0.940. The summed E-state index contributed by atoms with van der Waals surface area (Å²) in [5, 5.41) is 3.31. The summed E-state index contributed by atoms with van der Waals surface area (Å²) in [6.45, 7) is 4.53. The van der Waals surface area contributed by atoms with Crippen LogP contribution in [0.2, 0.25) is 0 Å². The molecule has 5 heteroatoms.